The van der Waals surface area contributed by atoms with Gasteiger partial charge in [0.15, 0.2) is 0 Å². The van der Waals surface area contributed by atoms with Crippen LogP contribution in [0.4, 0.5) is 22.7 Å². The van der Waals surface area contributed by atoms with Crippen LogP contribution in [-0.4, -0.2) is 0 Å². The standard InChI is InChI=1S/C12H12Cl2N4/c13-7-1-3-9(15)11(5-7)17-18-12-6-8(14)2-4-10(12)16/h1-6,17-18H,15-16H2. The summed E-state index contributed by atoms with van der Waals surface area (Å²) >= 11 is 11.8. The highest BCUT2D eigenvalue weighted by Gasteiger charge is 2.02. The molecule has 0 aliphatic heterocycles. The van der Waals surface area contributed by atoms with Gasteiger partial charge in [-0.3, -0.25) is 10.9 Å². The zero-order chi connectivity index (χ0) is 13.1. The molecule has 0 amide bonds. The summed E-state index contributed by atoms with van der Waals surface area (Å²) in [5.41, 5.74) is 20.0. The van der Waals surface area contributed by atoms with Crippen molar-refractivity contribution in [1.29, 1.82) is 0 Å². The molecule has 0 heterocycles. The van der Waals surface area contributed by atoms with E-state index in [0.29, 0.717) is 32.8 Å². The molecule has 2 rings (SSSR count). The van der Waals surface area contributed by atoms with Gasteiger partial charge in [0.2, 0.25) is 0 Å². The van der Waals surface area contributed by atoms with Gasteiger partial charge in [-0.2, -0.15) is 0 Å². The van der Waals surface area contributed by atoms with Crippen molar-refractivity contribution in [3.05, 3.63) is 46.4 Å². The van der Waals surface area contributed by atoms with Gasteiger partial charge >= 0.3 is 0 Å². The number of hydrazine groups is 1. The number of rotatable bonds is 3. The maximum absolute atomic E-state index is 5.89. The van der Waals surface area contributed by atoms with Gasteiger partial charge in [-0.15, -0.1) is 0 Å². The van der Waals surface area contributed by atoms with Gasteiger partial charge in [0.1, 0.15) is 0 Å². The highest BCUT2D eigenvalue weighted by Crippen LogP contribution is 2.26. The molecule has 0 saturated heterocycles. The number of hydrogen-bond acceptors (Lipinski definition) is 4. The Kier molecular flexibility index (Phi) is 3.69. The number of nitrogens with two attached hydrogens (primary N) is 2. The summed E-state index contributed by atoms with van der Waals surface area (Å²) in [6.07, 6.45) is 0. The fourth-order valence-electron chi connectivity index (χ4n) is 1.41. The Morgan fingerprint density at radius 2 is 1.11 bits per heavy atom. The van der Waals surface area contributed by atoms with Crippen LogP contribution in [0.25, 0.3) is 0 Å². The van der Waals surface area contributed by atoms with E-state index < -0.39 is 0 Å². The second-order valence-electron chi connectivity index (χ2n) is 3.71. The lowest BCUT2D eigenvalue weighted by atomic mass is 10.2. The molecule has 0 aromatic heterocycles. The molecule has 0 saturated carbocycles. The maximum atomic E-state index is 5.89. The first-order chi connectivity index (χ1) is 8.56. The third kappa shape index (κ3) is 2.91. The van der Waals surface area contributed by atoms with Crippen LogP contribution in [0.5, 0.6) is 0 Å². The molecule has 0 aliphatic carbocycles. The summed E-state index contributed by atoms with van der Waals surface area (Å²) in [5.74, 6) is 0. The topological polar surface area (TPSA) is 76.1 Å². The van der Waals surface area contributed by atoms with Gasteiger partial charge in [-0.25, -0.2) is 0 Å². The molecule has 0 spiro atoms. The van der Waals surface area contributed by atoms with Gasteiger partial charge in [0.05, 0.1) is 22.7 Å². The zero-order valence-corrected chi connectivity index (χ0v) is 10.9. The number of nitrogen functional groups attached to an aromatic ring is 2. The lowest BCUT2D eigenvalue weighted by molar-refractivity contribution is 1.41. The molecular weight excluding hydrogens is 271 g/mol. The van der Waals surface area contributed by atoms with E-state index in [1.54, 1.807) is 36.4 Å². The second-order valence-corrected chi connectivity index (χ2v) is 4.59. The normalized spacial score (nSPS) is 10.1. The van der Waals surface area contributed by atoms with Crippen molar-refractivity contribution in [2.75, 3.05) is 22.3 Å². The summed E-state index contributed by atoms with van der Waals surface area (Å²) < 4.78 is 0. The van der Waals surface area contributed by atoms with Crippen molar-refractivity contribution in [2.45, 2.75) is 0 Å². The molecule has 0 fully saturated rings. The smallest absolute Gasteiger partial charge is 0.0784 e. The van der Waals surface area contributed by atoms with E-state index in [4.69, 9.17) is 34.7 Å². The molecule has 0 radical (unpaired) electrons. The van der Waals surface area contributed by atoms with Gasteiger partial charge < -0.3 is 11.5 Å². The minimum Gasteiger partial charge on any atom is -0.397 e. The summed E-state index contributed by atoms with van der Waals surface area (Å²) in [5, 5.41) is 1.18. The Morgan fingerprint density at radius 1 is 0.722 bits per heavy atom. The van der Waals surface area contributed by atoms with E-state index in [-0.39, 0.29) is 0 Å². The quantitative estimate of drug-likeness (QED) is 0.513. The molecule has 18 heavy (non-hydrogen) atoms. The number of nitrogens with one attached hydrogen (secondary N) is 2. The SMILES string of the molecule is Nc1ccc(Cl)cc1NNc1cc(Cl)ccc1N. The third-order valence-electron chi connectivity index (χ3n) is 2.36. The molecular formula is C12H12Cl2N4. The van der Waals surface area contributed by atoms with Crippen molar-refractivity contribution < 1.29 is 0 Å². The van der Waals surface area contributed by atoms with Crippen molar-refractivity contribution in [3.8, 4) is 0 Å². The van der Waals surface area contributed by atoms with Crippen LogP contribution in [0.15, 0.2) is 36.4 Å². The third-order valence-corrected chi connectivity index (χ3v) is 2.83. The lowest BCUT2D eigenvalue weighted by Gasteiger charge is -2.14. The van der Waals surface area contributed by atoms with Gasteiger partial charge in [0.25, 0.3) is 0 Å². The van der Waals surface area contributed by atoms with E-state index in [0.717, 1.165) is 0 Å². The first-order valence-electron chi connectivity index (χ1n) is 5.18. The first kappa shape index (κ1) is 12.7. The molecule has 2 aromatic carbocycles. The summed E-state index contributed by atoms with van der Waals surface area (Å²) in [6, 6.07) is 10.3. The van der Waals surface area contributed by atoms with E-state index in [1.807, 2.05) is 0 Å². The summed E-state index contributed by atoms with van der Waals surface area (Å²) in [7, 11) is 0. The van der Waals surface area contributed by atoms with Gasteiger partial charge in [-0.05, 0) is 36.4 Å². The van der Waals surface area contributed by atoms with Crippen LogP contribution in [0.2, 0.25) is 10.0 Å². The highest BCUT2D eigenvalue weighted by molar-refractivity contribution is 6.31. The maximum Gasteiger partial charge on any atom is 0.0784 e. The molecule has 0 bridgehead atoms. The van der Waals surface area contributed by atoms with Crippen LogP contribution in [-0.2, 0) is 0 Å². The highest BCUT2D eigenvalue weighted by atomic mass is 35.5. The predicted molar refractivity (Wildman–Crippen MR) is 79.0 cm³/mol. The van der Waals surface area contributed by atoms with E-state index in [1.165, 1.54) is 0 Å². The lowest BCUT2D eigenvalue weighted by Crippen LogP contribution is -2.11. The molecule has 94 valence electrons. The fourth-order valence-corrected chi connectivity index (χ4v) is 1.75. The van der Waals surface area contributed by atoms with Crippen molar-refractivity contribution in [2.24, 2.45) is 0 Å². The monoisotopic (exact) mass is 282 g/mol. The second kappa shape index (κ2) is 5.25. The molecule has 0 unspecified atom stereocenters. The van der Waals surface area contributed by atoms with Gasteiger partial charge in [-0.1, -0.05) is 23.2 Å². The number of hydrogen-bond donors (Lipinski definition) is 4. The van der Waals surface area contributed by atoms with E-state index in [9.17, 15) is 0 Å². The molecule has 6 heteroatoms. The molecule has 0 aliphatic rings. The van der Waals surface area contributed by atoms with Crippen LogP contribution in [0.3, 0.4) is 0 Å². The Balaban J connectivity index is 2.16. The fraction of sp³-hybridized carbons (Fsp3) is 0. The van der Waals surface area contributed by atoms with E-state index >= 15 is 0 Å². The average Bonchev–Trinajstić information content (AvgIpc) is 2.34. The van der Waals surface area contributed by atoms with Crippen LogP contribution < -0.4 is 22.3 Å². The predicted octanol–water partition coefficient (Wildman–Crippen LogP) is 3.60. The Morgan fingerprint density at radius 3 is 1.50 bits per heavy atom. The van der Waals surface area contributed by atoms with Crippen molar-refractivity contribution in [1.82, 2.24) is 0 Å². The Bertz CT molecular complexity index is 520. The first-order valence-corrected chi connectivity index (χ1v) is 5.94. The number of halogens is 2. The minimum atomic E-state index is 0.576. The van der Waals surface area contributed by atoms with Crippen LogP contribution in [0.1, 0.15) is 0 Å². The number of anilines is 4. The Labute approximate surface area is 115 Å². The summed E-state index contributed by atoms with van der Waals surface area (Å²) in [4.78, 5) is 0. The van der Waals surface area contributed by atoms with Gasteiger partial charge in [0, 0.05) is 10.0 Å². The summed E-state index contributed by atoms with van der Waals surface area (Å²) in [6.45, 7) is 0. The van der Waals surface area contributed by atoms with Crippen LogP contribution in [0, 0.1) is 0 Å². The Hall–Kier alpha value is -1.78. The van der Waals surface area contributed by atoms with E-state index in [2.05, 4.69) is 10.9 Å². The molecule has 2 aromatic rings. The van der Waals surface area contributed by atoms with Crippen molar-refractivity contribution in [3.63, 3.8) is 0 Å². The molecule has 0 atom stereocenters. The average molecular weight is 283 g/mol. The largest absolute Gasteiger partial charge is 0.397 e. The van der Waals surface area contributed by atoms with Crippen molar-refractivity contribution >= 4 is 46.0 Å². The zero-order valence-electron chi connectivity index (χ0n) is 9.37. The molecule has 4 nitrogen and oxygen atoms in total. The van der Waals surface area contributed by atoms with Crippen LogP contribution >= 0.6 is 23.2 Å². The minimum absolute atomic E-state index is 0.576. The number of benzene rings is 2. The molecule has 6 N–H and O–H groups in total.